The van der Waals surface area contributed by atoms with E-state index >= 15 is 0 Å². The standard InChI is InChI=1S/C24H24N2O3/c1-24(2,3)16-12-19(21(25)14-4-8-17(27)9-5-14)23(29)20(13-16)22(26)15-6-10-18(28)11-7-15/h4-13,25-29H,1-3H3. The number of phenols is 3. The number of hydrogen-bond acceptors (Lipinski definition) is 5. The van der Waals surface area contributed by atoms with Crippen molar-refractivity contribution < 1.29 is 15.3 Å². The first kappa shape index (κ1) is 20.1. The van der Waals surface area contributed by atoms with Crippen LogP contribution in [0.2, 0.25) is 0 Å². The van der Waals surface area contributed by atoms with Crippen molar-refractivity contribution in [2.75, 3.05) is 0 Å². The van der Waals surface area contributed by atoms with Crippen LogP contribution < -0.4 is 0 Å². The molecule has 3 rings (SSSR count). The Kier molecular flexibility index (Phi) is 5.16. The smallest absolute Gasteiger partial charge is 0.134 e. The molecule has 0 atom stereocenters. The van der Waals surface area contributed by atoms with Crippen molar-refractivity contribution in [3.8, 4) is 17.2 Å². The maximum absolute atomic E-state index is 11.0. The van der Waals surface area contributed by atoms with E-state index in [2.05, 4.69) is 0 Å². The van der Waals surface area contributed by atoms with Crippen LogP contribution in [0.1, 0.15) is 48.6 Å². The predicted octanol–water partition coefficient (Wildman–Crippen LogP) is 4.93. The van der Waals surface area contributed by atoms with Crippen LogP contribution in [0.25, 0.3) is 0 Å². The number of hydrogen-bond donors (Lipinski definition) is 5. The number of aromatic hydroxyl groups is 3. The lowest BCUT2D eigenvalue weighted by Crippen LogP contribution is -2.16. The zero-order chi connectivity index (χ0) is 21.3. The highest BCUT2D eigenvalue weighted by Crippen LogP contribution is 2.34. The molecule has 0 aromatic heterocycles. The van der Waals surface area contributed by atoms with Crippen molar-refractivity contribution in [2.24, 2.45) is 0 Å². The van der Waals surface area contributed by atoms with E-state index in [-0.39, 0.29) is 34.1 Å². The summed E-state index contributed by atoms with van der Waals surface area (Å²) in [5, 5.41) is 47.2. The second-order valence-electron chi connectivity index (χ2n) is 8.01. The van der Waals surface area contributed by atoms with Crippen LogP contribution in [-0.4, -0.2) is 26.7 Å². The van der Waals surface area contributed by atoms with Gasteiger partial charge in [-0.2, -0.15) is 0 Å². The van der Waals surface area contributed by atoms with Gasteiger partial charge < -0.3 is 15.3 Å². The van der Waals surface area contributed by atoms with Crippen molar-refractivity contribution in [1.82, 2.24) is 0 Å². The second-order valence-corrected chi connectivity index (χ2v) is 8.01. The first-order valence-electron chi connectivity index (χ1n) is 9.22. The maximum atomic E-state index is 11.0. The second kappa shape index (κ2) is 7.43. The van der Waals surface area contributed by atoms with Gasteiger partial charge in [0.1, 0.15) is 17.2 Å². The maximum Gasteiger partial charge on any atom is 0.134 e. The normalized spacial score (nSPS) is 11.3. The summed E-state index contributed by atoms with van der Waals surface area (Å²) in [6.07, 6.45) is 0. The van der Waals surface area contributed by atoms with Gasteiger partial charge in [0.05, 0.1) is 11.4 Å². The van der Waals surface area contributed by atoms with E-state index in [1.165, 1.54) is 24.3 Å². The Labute approximate surface area is 169 Å². The summed E-state index contributed by atoms with van der Waals surface area (Å²) in [6, 6.07) is 16.0. The van der Waals surface area contributed by atoms with Gasteiger partial charge in [0, 0.05) is 22.3 Å². The van der Waals surface area contributed by atoms with Gasteiger partial charge in [-0.3, -0.25) is 10.8 Å². The zero-order valence-corrected chi connectivity index (χ0v) is 16.6. The molecule has 5 N–H and O–H groups in total. The molecule has 3 aromatic rings. The molecule has 5 heteroatoms. The van der Waals surface area contributed by atoms with Crippen LogP contribution >= 0.6 is 0 Å². The lowest BCUT2D eigenvalue weighted by atomic mass is 9.82. The molecule has 0 unspecified atom stereocenters. The van der Waals surface area contributed by atoms with Gasteiger partial charge >= 0.3 is 0 Å². The number of nitrogens with one attached hydrogen (secondary N) is 2. The highest BCUT2D eigenvalue weighted by molar-refractivity contribution is 6.18. The van der Waals surface area contributed by atoms with Crippen LogP contribution in [0.4, 0.5) is 0 Å². The molecule has 0 amide bonds. The third kappa shape index (κ3) is 4.14. The van der Waals surface area contributed by atoms with E-state index in [1.807, 2.05) is 20.8 Å². The molecule has 0 aliphatic rings. The fourth-order valence-electron chi connectivity index (χ4n) is 3.02. The molecule has 0 saturated heterocycles. The van der Waals surface area contributed by atoms with Crippen molar-refractivity contribution in [2.45, 2.75) is 26.2 Å². The van der Waals surface area contributed by atoms with Gasteiger partial charge in [0.25, 0.3) is 0 Å². The molecule has 29 heavy (non-hydrogen) atoms. The molecule has 3 aromatic carbocycles. The Balaban J connectivity index is 2.17. The molecular formula is C24H24N2O3. The van der Waals surface area contributed by atoms with Gasteiger partial charge in [-0.05, 0) is 71.6 Å². The molecular weight excluding hydrogens is 364 g/mol. The Morgan fingerprint density at radius 1 is 0.655 bits per heavy atom. The van der Waals surface area contributed by atoms with Crippen LogP contribution in [0.5, 0.6) is 17.2 Å². The highest BCUT2D eigenvalue weighted by Gasteiger charge is 2.23. The number of rotatable bonds is 4. The molecule has 0 radical (unpaired) electrons. The summed E-state index contributed by atoms with van der Waals surface area (Å²) < 4.78 is 0. The molecule has 5 nitrogen and oxygen atoms in total. The average molecular weight is 388 g/mol. The monoisotopic (exact) mass is 388 g/mol. The summed E-state index contributed by atoms with van der Waals surface area (Å²) in [5.41, 5.74) is 2.57. The Morgan fingerprint density at radius 2 is 1.00 bits per heavy atom. The van der Waals surface area contributed by atoms with E-state index in [9.17, 15) is 15.3 Å². The molecule has 0 bridgehead atoms. The molecule has 0 aliphatic carbocycles. The minimum atomic E-state index is -0.262. The number of phenolic OH excluding ortho intramolecular Hbond substituents is 3. The largest absolute Gasteiger partial charge is 0.508 e. The summed E-state index contributed by atoms with van der Waals surface area (Å²) in [7, 11) is 0. The van der Waals surface area contributed by atoms with Gasteiger partial charge in [-0.25, -0.2) is 0 Å². The molecule has 148 valence electrons. The van der Waals surface area contributed by atoms with Crippen LogP contribution in [0.3, 0.4) is 0 Å². The molecule has 0 spiro atoms. The molecule has 0 fully saturated rings. The summed E-state index contributed by atoms with van der Waals surface area (Å²) in [5.74, 6) is 0.0576. The first-order valence-corrected chi connectivity index (χ1v) is 9.22. The SMILES string of the molecule is CC(C)(C)c1cc(C(=N)c2ccc(O)cc2)c(O)c(C(=N)c2ccc(O)cc2)c1. The van der Waals surface area contributed by atoms with Crippen molar-refractivity contribution >= 4 is 11.4 Å². The van der Waals surface area contributed by atoms with Gasteiger partial charge in [0.2, 0.25) is 0 Å². The zero-order valence-electron chi connectivity index (χ0n) is 16.6. The summed E-state index contributed by atoms with van der Waals surface area (Å²) in [4.78, 5) is 0. The quantitative estimate of drug-likeness (QED) is 0.409. The molecule has 0 heterocycles. The van der Waals surface area contributed by atoms with E-state index in [1.54, 1.807) is 36.4 Å². The van der Waals surface area contributed by atoms with E-state index in [0.29, 0.717) is 22.3 Å². The van der Waals surface area contributed by atoms with Crippen molar-refractivity contribution in [3.05, 3.63) is 88.5 Å². The van der Waals surface area contributed by atoms with E-state index < -0.39 is 0 Å². The third-order valence-electron chi connectivity index (χ3n) is 4.83. The summed E-state index contributed by atoms with van der Waals surface area (Å²) >= 11 is 0. The topological polar surface area (TPSA) is 108 Å². The minimum absolute atomic E-state index is 0.101. The average Bonchev–Trinajstić information content (AvgIpc) is 2.67. The molecule has 0 aliphatic heterocycles. The highest BCUT2D eigenvalue weighted by atomic mass is 16.3. The predicted molar refractivity (Wildman–Crippen MR) is 115 cm³/mol. The van der Waals surface area contributed by atoms with Gasteiger partial charge in [-0.1, -0.05) is 20.8 Å². The van der Waals surface area contributed by atoms with Crippen molar-refractivity contribution in [3.63, 3.8) is 0 Å². The number of benzene rings is 3. The Hall–Kier alpha value is -3.60. The Morgan fingerprint density at radius 3 is 1.31 bits per heavy atom. The van der Waals surface area contributed by atoms with Crippen LogP contribution in [0, 0.1) is 10.8 Å². The summed E-state index contributed by atoms with van der Waals surface area (Å²) in [6.45, 7) is 6.09. The van der Waals surface area contributed by atoms with Crippen LogP contribution in [0.15, 0.2) is 60.7 Å². The Bertz CT molecular complexity index is 998. The van der Waals surface area contributed by atoms with Gasteiger partial charge in [-0.15, -0.1) is 0 Å². The van der Waals surface area contributed by atoms with E-state index in [4.69, 9.17) is 10.8 Å². The lowest BCUT2D eigenvalue weighted by Gasteiger charge is -2.23. The fourth-order valence-corrected chi connectivity index (χ4v) is 3.02. The lowest BCUT2D eigenvalue weighted by molar-refractivity contribution is 0.471. The van der Waals surface area contributed by atoms with E-state index in [0.717, 1.165) is 5.56 Å². The van der Waals surface area contributed by atoms with Crippen LogP contribution in [-0.2, 0) is 5.41 Å². The third-order valence-corrected chi connectivity index (χ3v) is 4.83. The first-order chi connectivity index (χ1) is 13.6. The minimum Gasteiger partial charge on any atom is -0.508 e. The molecule has 0 saturated carbocycles. The fraction of sp³-hybridized carbons (Fsp3) is 0.167. The van der Waals surface area contributed by atoms with Gasteiger partial charge in [0.15, 0.2) is 0 Å². The van der Waals surface area contributed by atoms with Crippen molar-refractivity contribution in [1.29, 1.82) is 10.8 Å².